The lowest BCUT2D eigenvalue weighted by molar-refractivity contribution is 0.247. The summed E-state index contributed by atoms with van der Waals surface area (Å²) in [6.07, 6.45) is 2.96. The third-order valence-corrected chi connectivity index (χ3v) is 2.28. The Morgan fingerprint density at radius 3 is 2.36 bits per heavy atom. The van der Waals surface area contributed by atoms with E-state index in [0.717, 1.165) is 11.8 Å². The predicted molar refractivity (Wildman–Crippen MR) is 49.7 cm³/mol. The molecule has 0 saturated heterocycles. The van der Waals surface area contributed by atoms with Gasteiger partial charge in [0, 0.05) is 13.1 Å². The minimum absolute atomic E-state index is 0.827. The highest BCUT2D eigenvalue weighted by atomic mass is 15.1. The van der Waals surface area contributed by atoms with Crippen LogP contribution >= 0.6 is 0 Å². The molecule has 0 amide bonds. The molecule has 0 bridgehead atoms. The second-order valence-corrected chi connectivity index (χ2v) is 4.19. The van der Waals surface area contributed by atoms with Gasteiger partial charge in [0.05, 0.1) is 0 Å². The van der Waals surface area contributed by atoms with Crippen LogP contribution in [0.3, 0.4) is 0 Å². The molecule has 11 heavy (non-hydrogen) atoms. The van der Waals surface area contributed by atoms with Crippen LogP contribution in [0, 0.1) is 11.8 Å². The molecule has 66 valence electrons. The SMILES string of the molecule is CCN(CC(C)C)CC1CC1. The van der Waals surface area contributed by atoms with Gasteiger partial charge in [0.15, 0.2) is 0 Å². The van der Waals surface area contributed by atoms with Crippen molar-refractivity contribution >= 4 is 0 Å². The van der Waals surface area contributed by atoms with Crippen molar-refractivity contribution in [3.63, 3.8) is 0 Å². The van der Waals surface area contributed by atoms with Crippen LogP contribution < -0.4 is 0 Å². The van der Waals surface area contributed by atoms with Crippen LogP contribution in [0.4, 0.5) is 0 Å². The molecular formula is C10H21N. The van der Waals surface area contributed by atoms with Gasteiger partial charge in [-0.15, -0.1) is 0 Å². The quantitative estimate of drug-likeness (QED) is 0.589. The molecule has 0 heterocycles. The van der Waals surface area contributed by atoms with Crippen molar-refractivity contribution < 1.29 is 0 Å². The van der Waals surface area contributed by atoms with Gasteiger partial charge in [0.1, 0.15) is 0 Å². The van der Waals surface area contributed by atoms with Gasteiger partial charge in [-0.25, -0.2) is 0 Å². The van der Waals surface area contributed by atoms with Gasteiger partial charge in [-0.05, 0) is 31.2 Å². The molecule has 1 aliphatic carbocycles. The summed E-state index contributed by atoms with van der Waals surface area (Å²) in [5.74, 6) is 1.88. The fourth-order valence-corrected chi connectivity index (χ4v) is 1.51. The first-order chi connectivity index (χ1) is 5.22. The van der Waals surface area contributed by atoms with E-state index >= 15 is 0 Å². The van der Waals surface area contributed by atoms with E-state index in [1.54, 1.807) is 0 Å². The Hall–Kier alpha value is -0.0400. The Labute approximate surface area is 70.8 Å². The van der Waals surface area contributed by atoms with Crippen LogP contribution in [0.1, 0.15) is 33.6 Å². The van der Waals surface area contributed by atoms with E-state index in [9.17, 15) is 0 Å². The molecule has 1 fully saturated rings. The molecule has 0 N–H and O–H groups in total. The Balaban J connectivity index is 2.12. The van der Waals surface area contributed by atoms with Crippen LogP contribution in [-0.4, -0.2) is 24.5 Å². The van der Waals surface area contributed by atoms with Crippen molar-refractivity contribution in [2.75, 3.05) is 19.6 Å². The summed E-state index contributed by atoms with van der Waals surface area (Å²) >= 11 is 0. The second kappa shape index (κ2) is 4.10. The zero-order valence-corrected chi connectivity index (χ0v) is 8.14. The summed E-state index contributed by atoms with van der Waals surface area (Å²) in [6.45, 7) is 10.7. The minimum Gasteiger partial charge on any atom is -0.303 e. The fourth-order valence-electron chi connectivity index (χ4n) is 1.51. The molecule has 0 radical (unpaired) electrons. The van der Waals surface area contributed by atoms with Gasteiger partial charge in [-0.2, -0.15) is 0 Å². The highest BCUT2D eigenvalue weighted by molar-refractivity contribution is 4.77. The van der Waals surface area contributed by atoms with Crippen molar-refractivity contribution in [1.29, 1.82) is 0 Å². The number of nitrogens with zero attached hydrogens (tertiary/aromatic N) is 1. The van der Waals surface area contributed by atoms with Gasteiger partial charge in [0.2, 0.25) is 0 Å². The van der Waals surface area contributed by atoms with Crippen LogP contribution in [0.25, 0.3) is 0 Å². The average molecular weight is 155 g/mol. The van der Waals surface area contributed by atoms with Gasteiger partial charge >= 0.3 is 0 Å². The van der Waals surface area contributed by atoms with E-state index in [-0.39, 0.29) is 0 Å². The lowest BCUT2D eigenvalue weighted by Crippen LogP contribution is -2.29. The largest absolute Gasteiger partial charge is 0.303 e. The maximum atomic E-state index is 2.59. The van der Waals surface area contributed by atoms with Crippen LogP contribution in [0.2, 0.25) is 0 Å². The van der Waals surface area contributed by atoms with E-state index < -0.39 is 0 Å². The normalized spacial score (nSPS) is 18.3. The summed E-state index contributed by atoms with van der Waals surface area (Å²) < 4.78 is 0. The van der Waals surface area contributed by atoms with E-state index in [1.807, 2.05) is 0 Å². The molecule has 0 aliphatic heterocycles. The second-order valence-electron chi connectivity index (χ2n) is 4.19. The first kappa shape index (κ1) is 9.05. The fraction of sp³-hybridized carbons (Fsp3) is 1.00. The molecule has 0 atom stereocenters. The topological polar surface area (TPSA) is 3.24 Å². The molecular weight excluding hydrogens is 134 g/mol. The van der Waals surface area contributed by atoms with Crippen molar-refractivity contribution in [1.82, 2.24) is 4.90 Å². The summed E-state index contributed by atoms with van der Waals surface area (Å²) in [5, 5.41) is 0. The number of rotatable bonds is 5. The Morgan fingerprint density at radius 2 is 2.00 bits per heavy atom. The van der Waals surface area contributed by atoms with E-state index in [0.29, 0.717) is 0 Å². The first-order valence-electron chi connectivity index (χ1n) is 4.94. The lowest BCUT2D eigenvalue weighted by Gasteiger charge is -2.21. The molecule has 0 aromatic heterocycles. The molecule has 1 saturated carbocycles. The third-order valence-electron chi connectivity index (χ3n) is 2.28. The monoisotopic (exact) mass is 155 g/mol. The maximum absolute atomic E-state index is 2.59. The summed E-state index contributed by atoms with van der Waals surface area (Å²) in [5.41, 5.74) is 0. The van der Waals surface area contributed by atoms with Gasteiger partial charge in [-0.3, -0.25) is 0 Å². The van der Waals surface area contributed by atoms with Crippen LogP contribution in [-0.2, 0) is 0 Å². The molecule has 1 aliphatic rings. The lowest BCUT2D eigenvalue weighted by atomic mass is 10.2. The number of hydrogen-bond donors (Lipinski definition) is 0. The van der Waals surface area contributed by atoms with Crippen LogP contribution in [0.15, 0.2) is 0 Å². The molecule has 0 spiro atoms. The Bertz CT molecular complexity index is 101. The molecule has 0 unspecified atom stereocenters. The zero-order chi connectivity index (χ0) is 8.27. The van der Waals surface area contributed by atoms with E-state index in [4.69, 9.17) is 0 Å². The first-order valence-corrected chi connectivity index (χ1v) is 4.94. The zero-order valence-electron chi connectivity index (χ0n) is 8.14. The van der Waals surface area contributed by atoms with Crippen molar-refractivity contribution in [3.8, 4) is 0 Å². The maximum Gasteiger partial charge on any atom is 0.000966 e. The standard InChI is InChI=1S/C10H21N/c1-4-11(7-9(2)3)8-10-5-6-10/h9-10H,4-8H2,1-3H3. The summed E-state index contributed by atoms with van der Waals surface area (Å²) in [4.78, 5) is 2.59. The predicted octanol–water partition coefficient (Wildman–Crippen LogP) is 2.37. The minimum atomic E-state index is 0.827. The molecule has 1 nitrogen and oxygen atoms in total. The van der Waals surface area contributed by atoms with Gasteiger partial charge < -0.3 is 4.90 Å². The van der Waals surface area contributed by atoms with Crippen molar-refractivity contribution in [3.05, 3.63) is 0 Å². The highest BCUT2D eigenvalue weighted by Crippen LogP contribution is 2.29. The highest BCUT2D eigenvalue weighted by Gasteiger charge is 2.23. The molecule has 0 aromatic rings. The van der Waals surface area contributed by atoms with Crippen molar-refractivity contribution in [2.24, 2.45) is 11.8 Å². The summed E-state index contributed by atoms with van der Waals surface area (Å²) in [6, 6.07) is 0. The van der Waals surface area contributed by atoms with Crippen molar-refractivity contribution in [2.45, 2.75) is 33.6 Å². The summed E-state index contributed by atoms with van der Waals surface area (Å²) in [7, 11) is 0. The van der Waals surface area contributed by atoms with Crippen LogP contribution in [0.5, 0.6) is 0 Å². The number of hydrogen-bond acceptors (Lipinski definition) is 1. The third kappa shape index (κ3) is 3.76. The van der Waals surface area contributed by atoms with Gasteiger partial charge in [0.25, 0.3) is 0 Å². The Kier molecular flexibility index (Phi) is 3.38. The average Bonchev–Trinajstić information content (AvgIpc) is 2.69. The smallest absolute Gasteiger partial charge is 0.000966 e. The Morgan fingerprint density at radius 1 is 1.36 bits per heavy atom. The van der Waals surface area contributed by atoms with E-state index in [1.165, 1.54) is 32.5 Å². The molecule has 1 rings (SSSR count). The van der Waals surface area contributed by atoms with Gasteiger partial charge in [-0.1, -0.05) is 20.8 Å². The van der Waals surface area contributed by atoms with E-state index in [2.05, 4.69) is 25.7 Å². The molecule has 0 aromatic carbocycles. The molecule has 1 heteroatoms.